The number of hydrogen-bond donors (Lipinski definition) is 0. The smallest absolute Gasteiger partial charge is 0.219 e. The first-order valence-electron chi connectivity index (χ1n) is 9.21. The summed E-state index contributed by atoms with van der Waals surface area (Å²) in [6, 6.07) is 0. The van der Waals surface area contributed by atoms with Crippen LogP contribution >= 0.6 is 0 Å². The van der Waals surface area contributed by atoms with E-state index in [0.29, 0.717) is 13.0 Å². The summed E-state index contributed by atoms with van der Waals surface area (Å²) in [5, 5.41) is 0. The number of nitrogens with zero attached hydrogens (tertiary/aromatic N) is 1. The van der Waals surface area contributed by atoms with E-state index in [0.717, 1.165) is 64.6 Å². The molecule has 0 unspecified atom stereocenters. The molecule has 0 atom stereocenters. The van der Waals surface area contributed by atoms with E-state index in [2.05, 4.69) is 43.0 Å². The lowest BCUT2D eigenvalue weighted by Gasteiger charge is -2.16. The Bertz CT molecular complexity index is 307. The molecule has 0 N–H and O–H groups in total. The topological polar surface area (TPSA) is 22.8 Å². The molecule has 0 aromatic rings. The Morgan fingerprint density at radius 1 is 0.826 bits per heavy atom. The fraction of sp³-hybridized carbons (Fsp3) is 0.750. The normalized spacial score (nSPS) is 11.7. The van der Waals surface area contributed by atoms with Crippen molar-refractivity contribution in [1.82, 2.24) is 0 Å². The van der Waals surface area contributed by atoms with Crippen LogP contribution in [0.15, 0.2) is 24.3 Å². The summed E-state index contributed by atoms with van der Waals surface area (Å²) in [5.41, 5.74) is 0. The number of rotatable bonds is 16. The van der Waals surface area contributed by atoms with Gasteiger partial charge in [-0.15, -0.1) is 0 Å². The summed E-state index contributed by atoms with van der Waals surface area (Å²) in [6.45, 7) is 13.1. The van der Waals surface area contributed by atoms with Crippen molar-refractivity contribution < 1.29 is 9.47 Å². The predicted octanol–water partition coefficient (Wildman–Crippen LogP) is 5.93. The van der Waals surface area contributed by atoms with E-state index in [1.807, 2.05) is 0 Å². The molecule has 132 valence electrons. The Balaban J connectivity index is 3.69. The van der Waals surface area contributed by atoms with E-state index in [4.69, 9.17) is 16.0 Å². The molecule has 0 aliphatic heterocycles. The van der Waals surface area contributed by atoms with Gasteiger partial charge in [0.1, 0.15) is 0 Å². The fourth-order valence-corrected chi connectivity index (χ4v) is 2.11. The highest BCUT2D eigenvalue weighted by Gasteiger charge is 2.10. The first-order valence-corrected chi connectivity index (χ1v) is 9.21. The van der Waals surface area contributed by atoms with Gasteiger partial charge in [-0.25, -0.2) is 6.57 Å². The fourth-order valence-electron chi connectivity index (χ4n) is 2.11. The zero-order valence-corrected chi connectivity index (χ0v) is 15.1. The number of unbranched alkanes of at least 4 members (excludes halogenated alkanes) is 4. The molecular weight excluding hydrogens is 286 g/mol. The maximum atomic E-state index is 6.91. The van der Waals surface area contributed by atoms with Crippen LogP contribution in [0.4, 0.5) is 0 Å². The Morgan fingerprint density at radius 3 is 1.78 bits per heavy atom. The highest BCUT2D eigenvalue weighted by molar-refractivity contribution is 4.80. The maximum Gasteiger partial charge on any atom is 0.219 e. The summed E-state index contributed by atoms with van der Waals surface area (Å²) in [6.07, 6.45) is 18.2. The van der Waals surface area contributed by atoms with E-state index in [1.165, 1.54) is 0 Å². The predicted molar refractivity (Wildman–Crippen MR) is 98.3 cm³/mol. The van der Waals surface area contributed by atoms with Crippen LogP contribution in [-0.2, 0) is 9.47 Å². The highest BCUT2D eigenvalue weighted by atomic mass is 16.7. The number of hydrogen-bond acceptors (Lipinski definition) is 2. The summed E-state index contributed by atoms with van der Waals surface area (Å²) in [4.78, 5) is 3.40. The molecule has 0 fully saturated rings. The van der Waals surface area contributed by atoms with Gasteiger partial charge in [-0.05, 0) is 51.4 Å². The molecule has 0 aliphatic rings. The molecule has 0 aliphatic carbocycles. The lowest BCUT2D eigenvalue weighted by molar-refractivity contribution is -0.144. The van der Waals surface area contributed by atoms with Crippen molar-refractivity contribution in [3.63, 3.8) is 0 Å². The Hall–Kier alpha value is -1.11. The molecule has 0 bridgehead atoms. The van der Waals surface area contributed by atoms with Gasteiger partial charge in [0.2, 0.25) is 6.54 Å². The minimum Gasteiger partial charge on any atom is -0.352 e. The van der Waals surface area contributed by atoms with Gasteiger partial charge in [0.25, 0.3) is 0 Å². The van der Waals surface area contributed by atoms with Crippen LogP contribution in [-0.4, -0.2) is 26.0 Å². The van der Waals surface area contributed by atoms with Crippen LogP contribution in [0.3, 0.4) is 0 Å². The van der Waals surface area contributed by atoms with Crippen LogP contribution in [0.1, 0.15) is 71.6 Å². The molecule has 0 saturated carbocycles. The Labute approximate surface area is 143 Å². The highest BCUT2D eigenvalue weighted by Crippen LogP contribution is 2.07. The summed E-state index contributed by atoms with van der Waals surface area (Å²) in [5.74, 6) is 0. The Morgan fingerprint density at radius 2 is 1.35 bits per heavy atom. The van der Waals surface area contributed by atoms with Gasteiger partial charge in [-0.3, -0.25) is 0 Å². The zero-order chi connectivity index (χ0) is 17.0. The molecule has 23 heavy (non-hydrogen) atoms. The molecule has 0 radical (unpaired) electrons. The molecule has 0 spiro atoms. The van der Waals surface area contributed by atoms with Gasteiger partial charge in [0, 0.05) is 13.2 Å². The van der Waals surface area contributed by atoms with Crippen molar-refractivity contribution in [2.75, 3.05) is 19.8 Å². The van der Waals surface area contributed by atoms with Crippen LogP contribution in [0, 0.1) is 6.57 Å². The van der Waals surface area contributed by atoms with Crippen molar-refractivity contribution in [2.24, 2.45) is 0 Å². The van der Waals surface area contributed by atoms with E-state index in [-0.39, 0.29) is 6.29 Å². The van der Waals surface area contributed by atoms with Gasteiger partial charge < -0.3 is 14.3 Å². The molecule has 0 aromatic heterocycles. The van der Waals surface area contributed by atoms with Crippen LogP contribution < -0.4 is 0 Å². The molecule has 0 aromatic carbocycles. The average molecular weight is 322 g/mol. The third kappa shape index (κ3) is 17.1. The van der Waals surface area contributed by atoms with E-state index >= 15 is 0 Å². The van der Waals surface area contributed by atoms with Crippen LogP contribution in [0.25, 0.3) is 4.85 Å². The first kappa shape index (κ1) is 21.9. The van der Waals surface area contributed by atoms with E-state index in [1.54, 1.807) is 0 Å². The molecule has 0 saturated heterocycles. The Kier molecular flexibility index (Phi) is 18.0. The molecule has 0 amide bonds. The summed E-state index contributed by atoms with van der Waals surface area (Å²) >= 11 is 0. The number of ether oxygens (including phenoxy) is 2. The second-order valence-corrected chi connectivity index (χ2v) is 5.59. The van der Waals surface area contributed by atoms with Gasteiger partial charge in [-0.1, -0.05) is 38.2 Å². The molecular formula is C20H35NO2. The summed E-state index contributed by atoms with van der Waals surface area (Å²) < 4.78 is 11.6. The van der Waals surface area contributed by atoms with Crippen LogP contribution in [0.5, 0.6) is 0 Å². The minimum absolute atomic E-state index is 0.207. The van der Waals surface area contributed by atoms with Crippen molar-refractivity contribution in [1.29, 1.82) is 0 Å². The lowest BCUT2D eigenvalue weighted by Crippen LogP contribution is -2.19. The third-order valence-corrected chi connectivity index (χ3v) is 3.42. The monoisotopic (exact) mass is 321 g/mol. The standard InChI is InChI=1S/C20H35NO2/c1-4-6-8-10-12-14-18-22-20(16-17-21-3)23-19-15-13-11-9-7-5-2/h6-9,20H,4-5,10-19H2,1-2H3/b8-6-,9-7-. The zero-order valence-electron chi connectivity index (χ0n) is 15.1. The molecule has 3 heteroatoms. The van der Waals surface area contributed by atoms with Crippen LogP contribution in [0.2, 0.25) is 0 Å². The second kappa shape index (κ2) is 18.9. The van der Waals surface area contributed by atoms with Gasteiger partial charge in [0.15, 0.2) is 6.29 Å². The van der Waals surface area contributed by atoms with E-state index < -0.39 is 0 Å². The largest absolute Gasteiger partial charge is 0.352 e. The summed E-state index contributed by atoms with van der Waals surface area (Å²) in [7, 11) is 0. The minimum atomic E-state index is -0.207. The quantitative estimate of drug-likeness (QED) is 0.152. The van der Waals surface area contributed by atoms with Crippen molar-refractivity contribution in [2.45, 2.75) is 77.9 Å². The SMILES string of the molecule is [C-]#[N+]CCC(OCCCC/C=C\CC)OCCCC/C=C\CC. The molecule has 3 nitrogen and oxygen atoms in total. The molecule has 0 heterocycles. The van der Waals surface area contributed by atoms with Gasteiger partial charge in [-0.2, -0.15) is 0 Å². The van der Waals surface area contributed by atoms with Gasteiger partial charge in [0.05, 0.1) is 6.42 Å². The number of allylic oxidation sites excluding steroid dienone is 4. The third-order valence-electron chi connectivity index (χ3n) is 3.42. The molecule has 0 rings (SSSR count). The average Bonchev–Trinajstić information content (AvgIpc) is 2.57. The first-order chi connectivity index (χ1) is 11.3. The van der Waals surface area contributed by atoms with Crippen molar-refractivity contribution >= 4 is 0 Å². The second-order valence-electron chi connectivity index (χ2n) is 5.59. The lowest BCUT2D eigenvalue weighted by atomic mass is 10.2. The maximum absolute atomic E-state index is 6.91. The van der Waals surface area contributed by atoms with Crippen molar-refractivity contribution in [3.05, 3.63) is 35.7 Å². The van der Waals surface area contributed by atoms with Gasteiger partial charge >= 0.3 is 0 Å². The van der Waals surface area contributed by atoms with E-state index in [9.17, 15) is 0 Å². The van der Waals surface area contributed by atoms with Crippen molar-refractivity contribution in [3.8, 4) is 0 Å².